The summed E-state index contributed by atoms with van der Waals surface area (Å²) in [4.78, 5) is 15.5. The molecular formula is C29H30N5O3P. The minimum atomic E-state index is -2.97. The summed E-state index contributed by atoms with van der Waals surface area (Å²) < 4.78 is 14.6. The molecule has 0 saturated heterocycles. The summed E-state index contributed by atoms with van der Waals surface area (Å²) >= 11 is 0. The van der Waals surface area contributed by atoms with Gasteiger partial charge in [-0.1, -0.05) is 64.1 Å². The maximum Gasteiger partial charge on any atom is 0.269 e. The first-order chi connectivity index (χ1) is 18.2. The van der Waals surface area contributed by atoms with Gasteiger partial charge in [0.2, 0.25) is 0 Å². The molecule has 0 amide bonds. The SMILES string of the molecule is CCCn1nc2ccccc2c1P(=Nc1ccc([N+](=O)[O-])cc1)(Oc1cccc2cccnc12)C(C)(C)C. The van der Waals surface area contributed by atoms with Gasteiger partial charge in [0.05, 0.1) is 16.1 Å². The summed E-state index contributed by atoms with van der Waals surface area (Å²) in [6, 6.07) is 24.2. The number of nitrogens with zero attached hydrogens (tertiary/aromatic N) is 5. The number of benzene rings is 3. The normalized spacial score (nSPS) is 13.4. The summed E-state index contributed by atoms with van der Waals surface area (Å²) in [6.45, 7) is 9.22. The van der Waals surface area contributed by atoms with Gasteiger partial charge in [-0.3, -0.25) is 19.8 Å². The number of non-ortho nitro benzene ring substituents is 1. The predicted octanol–water partition coefficient (Wildman–Crippen LogP) is 7.85. The number of hydrogen-bond acceptors (Lipinski definition) is 6. The fourth-order valence-electron chi connectivity index (χ4n) is 4.57. The number of pyridine rings is 1. The second-order valence-corrected chi connectivity index (χ2v) is 13.4. The van der Waals surface area contributed by atoms with E-state index in [2.05, 4.69) is 38.7 Å². The van der Waals surface area contributed by atoms with Crippen LogP contribution in [-0.4, -0.2) is 24.8 Å². The zero-order valence-electron chi connectivity index (χ0n) is 21.9. The van der Waals surface area contributed by atoms with Gasteiger partial charge in [-0.2, -0.15) is 5.10 Å². The minimum absolute atomic E-state index is 0.0179. The van der Waals surface area contributed by atoms with Gasteiger partial charge in [0.25, 0.3) is 5.69 Å². The summed E-state index contributed by atoms with van der Waals surface area (Å²) in [5.41, 5.74) is 3.20. The molecule has 0 N–H and O–H groups in total. The molecule has 0 fully saturated rings. The highest BCUT2D eigenvalue weighted by molar-refractivity contribution is 7.71. The van der Waals surface area contributed by atoms with Crippen LogP contribution in [0.1, 0.15) is 34.1 Å². The van der Waals surface area contributed by atoms with E-state index in [9.17, 15) is 10.1 Å². The van der Waals surface area contributed by atoms with Crippen LogP contribution in [0.4, 0.5) is 11.4 Å². The third-order valence-electron chi connectivity index (χ3n) is 6.39. The Morgan fingerprint density at radius 1 is 1.00 bits per heavy atom. The first kappa shape index (κ1) is 25.6. The van der Waals surface area contributed by atoms with Gasteiger partial charge >= 0.3 is 0 Å². The molecule has 0 aliphatic carbocycles. The Hall–Kier alpha value is -4.03. The Labute approximate surface area is 221 Å². The average Bonchev–Trinajstić information content (AvgIpc) is 3.26. The van der Waals surface area contributed by atoms with Crippen LogP contribution in [0.15, 0.2) is 89.8 Å². The molecular weight excluding hydrogens is 497 g/mol. The van der Waals surface area contributed by atoms with E-state index < -0.39 is 17.4 Å². The third-order valence-corrected chi connectivity index (χ3v) is 10.2. The Kier molecular flexibility index (Phi) is 6.76. The topological polar surface area (TPSA) is 95.4 Å². The van der Waals surface area contributed by atoms with E-state index in [1.54, 1.807) is 18.3 Å². The molecule has 0 radical (unpaired) electrons. The number of fused-ring (bicyclic) bond motifs is 2. The molecule has 5 aromatic rings. The van der Waals surface area contributed by atoms with Crippen molar-refractivity contribution in [3.8, 4) is 5.75 Å². The van der Waals surface area contributed by atoms with Crippen molar-refractivity contribution in [1.29, 1.82) is 0 Å². The second-order valence-electron chi connectivity index (χ2n) is 10.1. The molecule has 2 aromatic heterocycles. The van der Waals surface area contributed by atoms with Gasteiger partial charge in [-0.05, 0) is 36.8 Å². The number of rotatable bonds is 7. The average molecular weight is 528 g/mol. The van der Waals surface area contributed by atoms with E-state index >= 15 is 0 Å². The van der Waals surface area contributed by atoms with Crippen molar-refractivity contribution in [2.24, 2.45) is 4.74 Å². The Morgan fingerprint density at radius 2 is 1.74 bits per heavy atom. The first-order valence-corrected chi connectivity index (χ1v) is 14.3. The lowest BCUT2D eigenvalue weighted by Gasteiger charge is -2.37. The van der Waals surface area contributed by atoms with Gasteiger partial charge in [0.15, 0.2) is 13.0 Å². The van der Waals surface area contributed by atoms with Gasteiger partial charge in [0.1, 0.15) is 11.0 Å². The van der Waals surface area contributed by atoms with E-state index in [1.165, 1.54) is 12.1 Å². The van der Waals surface area contributed by atoms with Crippen molar-refractivity contribution in [1.82, 2.24) is 14.8 Å². The molecule has 0 bridgehead atoms. The maximum atomic E-state index is 11.3. The first-order valence-electron chi connectivity index (χ1n) is 12.6. The third kappa shape index (κ3) is 4.56. The monoisotopic (exact) mass is 527 g/mol. The lowest BCUT2D eigenvalue weighted by molar-refractivity contribution is -0.384. The zero-order chi connectivity index (χ0) is 26.9. The van der Waals surface area contributed by atoms with Crippen LogP contribution in [-0.2, 0) is 6.54 Å². The van der Waals surface area contributed by atoms with Crippen molar-refractivity contribution >= 4 is 45.9 Å². The van der Waals surface area contributed by atoms with Crippen LogP contribution in [0.25, 0.3) is 21.8 Å². The van der Waals surface area contributed by atoms with E-state index in [1.807, 2.05) is 53.2 Å². The van der Waals surface area contributed by atoms with Crippen LogP contribution in [0.5, 0.6) is 5.75 Å². The Morgan fingerprint density at radius 3 is 2.45 bits per heavy atom. The number of nitro benzene ring substituents is 1. The molecule has 0 aliphatic rings. The molecule has 3 aromatic carbocycles. The molecule has 0 spiro atoms. The van der Waals surface area contributed by atoms with Crippen molar-refractivity contribution in [3.63, 3.8) is 0 Å². The highest BCUT2D eigenvalue weighted by atomic mass is 31.2. The molecule has 0 aliphatic heterocycles. The van der Waals surface area contributed by atoms with Crippen molar-refractivity contribution < 1.29 is 9.45 Å². The van der Waals surface area contributed by atoms with Crippen LogP contribution >= 0.6 is 7.28 Å². The number of nitro groups is 1. The Balaban J connectivity index is 1.88. The standard InChI is InChI=1S/C29H30N5O3P/c1-5-20-33-28(24-12-6-7-13-25(24)31-33)38(29(2,3)4,32-22-15-17-23(18-16-22)34(35)36)37-26-14-8-10-21-11-9-19-30-27(21)26/h6-19H,5,20H2,1-4H3. The number of aromatic nitrogens is 3. The lowest BCUT2D eigenvalue weighted by atomic mass is 10.2. The van der Waals surface area contributed by atoms with Crippen LogP contribution in [0.2, 0.25) is 0 Å². The van der Waals surface area contributed by atoms with Gasteiger partial charge in [-0.25, -0.2) is 4.74 Å². The van der Waals surface area contributed by atoms with Gasteiger partial charge < -0.3 is 4.52 Å². The maximum absolute atomic E-state index is 11.3. The van der Waals surface area contributed by atoms with E-state index in [0.717, 1.165) is 33.7 Å². The molecule has 1 unspecified atom stereocenters. The van der Waals surface area contributed by atoms with Crippen molar-refractivity contribution in [3.05, 3.63) is 95.2 Å². The molecule has 38 heavy (non-hydrogen) atoms. The van der Waals surface area contributed by atoms with E-state index in [4.69, 9.17) is 14.4 Å². The summed E-state index contributed by atoms with van der Waals surface area (Å²) in [5, 5.41) is 17.8. The smallest absolute Gasteiger partial charge is 0.269 e. The lowest BCUT2D eigenvalue weighted by Crippen LogP contribution is -2.32. The number of hydrogen-bond donors (Lipinski definition) is 0. The van der Waals surface area contributed by atoms with Crippen molar-refractivity contribution in [2.45, 2.75) is 45.8 Å². The predicted molar refractivity (Wildman–Crippen MR) is 154 cm³/mol. The van der Waals surface area contributed by atoms with Crippen LogP contribution in [0.3, 0.4) is 0 Å². The number of para-hydroxylation sites is 1. The van der Waals surface area contributed by atoms with Crippen LogP contribution in [0, 0.1) is 10.1 Å². The molecule has 8 nitrogen and oxygen atoms in total. The molecule has 5 rings (SSSR count). The molecule has 1 atom stereocenters. The van der Waals surface area contributed by atoms with Crippen LogP contribution < -0.4 is 9.96 Å². The Bertz CT molecular complexity index is 1680. The van der Waals surface area contributed by atoms with E-state index in [-0.39, 0.29) is 5.69 Å². The molecule has 2 heterocycles. The largest absolute Gasteiger partial charge is 0.451 e. The fraction of sp³-hybridized carbons (Fsp3) is 0.241. The number of aryl methyl sites for hydroxylation is 1. The highest BCUT2D eigenvalue weighted by Gasteiger charge is 2.43. The second kappa shape index (κ2) is 10.0. The van der Waals surface area contributed by atoms with Gasteiger partial charge in [0, 0.05) is 40.8 Å². The summed E-state index contributed by atoms with van der Waals surface area (Å²) in [7, 11) is -2.97. The fourth-order valence-corrected chi connectivity index (χ4v) is 7.86. The summed E-state index contributed by atoms with van der Waals surface area (Å²) in [5.74, 6) is 0.644. The molecule has 0 saturated carbocycles. The summed E-state index contributed by atoms with van der Waals surface area (Å²) in [6.07, 6.45) is 2.65. The van der Waals surface area contributed by atoms with E-state index in [0.29, 0.717) is 18.0 Å². The molecule has 194 valence electrons. The van der Waals surface area contributed by atoms with Gasteiger partial charge in [-0.15, -0.1) is 0 Å². The zero-order valence-corrected chi connectivity index (χ0v) is 22.8. The van der Waals surface area contributed by atoms with Crippen molar-refractivity contribution in [2.75, 3.05) is 0 Å². The molecule has 9 heteroatoms. The minimum Gasteiger partial charge on any atom is -0.451 e. The highest BCUT2D eigenvalue weighted by Crippen LogP contribution is 2.63. The quantitative estimate of drug-likeness (QED) is 0.122.